The minimum absolute atomic E-state index is 0.886. The Balaban J connectivity index is 1.14. The summed E-state index contributed by atoms with van der Waals surface area (Å²) in [5.41, 5.74) is 15.7. The Hall–Kier alpha value is -7.17. The Bertz CT molecular complexity index is 2750. The SMILES string of the molecule is c1ccc(-c2ccc(N(c3ccc(-c4ccccc4)cc3)c3ccc4c(c3)n3c5ccccc5nc3n4-c3ccc(-c4ccccc4)cc3)cc2)cc1. The Morgan fingerprint density at radius 2 is 0.774 bits per heavy atom. The van der Waals surface area contributed by atoms with Crippen LogP contribution in [0.3, 0.4) is 0 Å². The van der Waals surface area contributed by atoms with Crippen LogP contribution in [0.5, 0.6) is 0 Å². The molecule has 0 aliphatic heterocycles. The van der Waals surface area contributed by atoms with Crippen LogP contribution in [0.2, 0.25) is 0 Å². The van der Waals surface area contributed by atoms with E-state index in [0.29, 0.717) is 0 Å². The number of anilines is 3. The van der Waals surface area contributed by atoms with Crippen molar-refractivity contribution < 1.29 is 0 Å². The zero-order chi connectivity index (χ0) is 35.1. The van der Waals surface area contributed by atoms with Gasteiger partial charge in [0.1, 0.15) is 0 Å². The second-order valence-corrected chi connectivity index (χ2v) is 13.3. The molecule has 10 rings (SSSR count). The van der Waals surface area contributed by atoms with E-state index in [2.05, 4.69) is 220 Å². The molecule has 250 valence electrons. The third kappa shape index (κ3) is 5.45. The van der Waals surface area contributed by atoms with Crippen LogP contribution in [0.25, 0.3) is 66.9 Å². The predicted octanol–water partition coefficient (Wildman–Crippen LogP) is 12.9. The standard InChI is InChI=1S/C49H34N4/c1-4-12-35(13-5-1)38-20-26-41(27-21-38)51(42-28-22-39(23-29-42)36-14-6-2-7-15-36)44-32-33-47-48(34-44)53-46-19-11-10-18-45(46)50-49(53)52(47)43-30-24-40(25-31-43)37-16-8-3-9-17-37/h1-34H. The van der Waals surface area contributed by atoms with Crippen molar-refractivity contribution in [2.45, 2.75) is 0 Å². The van der Waals surface area contributed by atoms with Crippen molar-refractivity contribution in [2.75, 3.05) is 4.90 Å². The third-order valence-corrected chi connectivity index (χ3v) is 10.1. The van der Waals surface area contributed by atoms with Crippen molar-refractivity contribution in [3.63, 3.8) is 0 Å². The van der Waals surface area contributed by atoms with Gasteiger partial charge in [-0.25, -0.2) is 4.98 Å². The normalized spacial score (nSPS) is 11.4. The maximum atomic E-state index is 5.19. The molecule has 0 saturated heterocycles. The van der Waals surface area contributed by atoms with E-state index < -0.39 is 0 Å². The summed E-state index contributed by atoms with van der Waals surface area (Å²) in [5, 5.41) is 0. The molecule has 0 atom stereocenters. The third-order valence-electron chi connectivity index (χ3n) is 10.1. The second kappa shape index (κ2) is 12.9. The summed E-state index contributed by atoms with van der Waals surface area (Å²) in [6.45, 7) is 0. The van der Waals surface area contributed by atoms with Crippen LogP contribution >= 0.6 is 0 Å². The van der Waals surface area contributed by atoms with Crippen molar-refractivity contribution >= 4 is 44.9 Å². The highest BCUT2D eigenvalue weighted by Gasteiger charge is 2.20. The molecule has 0 bridgehead atoms. The van der Waals surface area contributed by atoms with Crippen LogP contribution in [-0.2, 0) is 0 Å². The van der Waals surface area contributed by atoms with E-state index in [0.717, 1.165) is 50.6 Å². The van der Waals surface area contributed by atoms with Crippen molar-refractivity contribution in [2.24, 2.45) is 0 Å². The van der Waals surface area contributed by atoms with Crippen molar-refractivity contribution in [3.8, 4) is 39.1 Å². The number of hydrogen-bond donors (Lipinski definition) is 0. The molecule has 0 amide bonds. The number of rotatable bonds is 7. The molecule has 2 aromatic heterocycles. The van der Waals surface area contributed by atoms with Gasteiger partial charge in [-0.05, 0) is 100 Å². The first-order chi connectivity index (χ1) is 26.3. The first kappa shape index (κ1) is 30.6. The zero-order valence-electron chi connectivity index (χ0n) is 28.9. The first-order valence-electron chi connectivity index (χ1n) is 18.0. The summed E-state index contributed by atoms with van der Waals surface area (Å²) in [5.74, 6) is 0.886. The van der Waals surface area contributed by atoms with Gasteiger partial charge in [0.2, 0.25) is 5.78 Å². The summed E-state index contributed by atoms with van der Waals surface area (Å²) >= 11 is 0. The molecule has 2 heterocycles. The van der Waals surface area contributed by atoms with Crippen LogP contribution in [0.1, 0.15) is 0 Å². The molecule has 0 N–H and O–H groups in total. The number of hydrogen-bond acceptors (Lipinski definition) is 2. The van der Waals surface area contributed by atoms with E-state index in [4.69, 9.17) is 4.98 Å². The summed E-state index contributed by atoms with van der Waals surface area (Å²) in [6.07, 6.45) is 0. The van der Waals surface area contributed by atoms with E-state index in [1.807, 2.05) is 0 Å². The van der Waals surface area contributed by atoms with Crippen LogP contribution in [0, 0.1) is 0 Å². The molecule has 0 saturated carbocycles. The van der Waals surface area contributed by atoms with Gasteiger partial charge >= 0.3 is 0 Å². The van der Waals surface area contributed by atoms with E-state index in [-0.39, 0.29) is 0 Å². The summed E-state index contributed by atoms with van der Waals surface area (Å²) in [7, 11) is 0. The maximum Gasteiger partial charge on any atom is 0.220 e. The van der Waals surface area contributed by atoms with Crippen molar-refractivity contribution in [1.82, 2.24) is 14.0 Å². The predicted molar refractivity (Wildman–Crippen MR) is 221 cm³/mol. The molecular formula is C49H34N4. The Morgan fingerprint density at radius 1 is 0.340 bits per heavy atom. The fraction of sp³-hybridized carbons (Fsp3) is 0. The van der Waals surface area contributed by atoms with Crippen molar-refractivity contribution in [1.29, 1.82) is 0 Å². The fourth-order valence-electron chi connectivity index (χ4n) is 7.53. The number of para-hydroxylation sites is 2. The van der Waals surface area contributed by atoms with Crippen LogP contribution in [-0.4, -0.2) is 14.0 Å². The highest BCUT2D eigenvalue weighted by molar-refractivity contribution is 5.95. The smallest absolute Gasteiger partial charge is 0.220 e. The molecule has 0 aliphatic carbocycles. The Kier molecular flexibility index (Phi) is 7.43. The molecular weight excluding hydrogens is 645 g/mol. The molecule has 0 unspecified atom stereocenters. The highest BCUT2D eigenvalue weighted by atomic mass is 15.2. The minimum atomic E-state index is 0.886. The molecule has 10 aromatic rings. The molecule has 53 heavy (non-hydrogen) atoms. The van der Waals surface area contributed by atoms with E-state index in [9.17, 15) is 0 Å². The highest BCUT2D eigenvalue weighted by Crippen LogP contribution is 2.40. The zero-order valence-corrected chi connectivity index (χ0v) is 28.9. The van der Waals surface area contributed by atoms with Gasteiger partial charge in [-0.2, -0.15) is 0 Å². The lowest BCUT2D eigenvalue weighted by atomic mass is 10.0. The summed E-state index contributed by atoms with van der Waals surface area (Å²) in [4.78, 5) is 7.54. The molecule has 0 spiro atoms. The number of imidazole rings is 2. The average molecular weight is 679 g/mol. The largest absolute Gasteiger partial charge is 0.310 e. The van der Waals surface area contributed by atoms with Gasteiger partial charge < -0.3 is 4.90 Å². The summed E-state index contributed by atoms with van der Waals surface area (Å²) < 4.78 is 4.58. The molecule has 0 aliphatic rings. The lowest BCUT2D eigenvalue weighted by Gasteiger charge is -2.26. The van der Waals surface area contributed by atoms with E-state index >= 15 is 0 Å². The number of fused-ring (bicyclic) bond motifs is 5. The van der Waals surface area contributed by atoms with Crippen LogP contribution in [0.4, 0.5) is 17.1 Å². The number of benzene rings is 8. The molecule has 8 aromatic carbocycles. The van der Waals surface area contributed by atoms with Crippen LogP contribution < -0.4 is 4.90 Å². The number of aromatic nitrogens is 3. The molecule has 0 fully saturated rings. The van der Waals surface area contributed by atoms with E-state index in [1.54, 1.807) is 0 Å². The first-order valence-corrected chi connectivity index (χ1v) is 18.0. The van der Waals surface area contributed by atoms with Crippen molar-refractivity contribution in [3.05, 3.63) is 206 Å². The fourth-order valence-corrected chi connectivity index (χ4v) is 7.53. The van der Waals surface area contributed by atoms with Gasteiger partial charge in [-0.15, -0.1) is 0 Å². The average Bonchev–Trinajstić information content (AvgIpc) is 3.77. The Morgan fingerprint density at radius 3 is 1.30 bits per heavy atom. The number of nitrogens with zero attached hydrogens (tertiary/aromatic N) is 4. The molecule has 0 radical (unpaired) electrons. The van der Waals surface area contributed by atoms with Gasteiger partial charge in [0.05, 0.1) is 22.1 Å². The molecule has 4 heteroatoms. The van der Waals surface area contributed by atoms with E-state index in [1.165, 1.54) is 33.4 Å². The van der Waals surface area contributed by atoms with Crippen LogP contribution in [0.15, 0.2) is 206 Å². The lowest BCUT2D eigenvalue weighted by molar-refractivity contribution is 1.11. The molecule has 4 nitrogen and oxygen atoms in total. The van der Waals surface area contributed by atoms with Gasteiger partial charge in [0.15, 0.2) is 0 Å². The Labute approximate surface area is 308 Å². The second-order valence-electron chi connectivity index (χ2n) is 13.3. The van der Waals surface area contributed by atoms with Gasteiger partial charge in [-0.1, -0.05) is 140 Å². The monoisotopic (exact) mass is 678 g/mol. The quantitative estimate of drug-likeness (QED) is 0.168. The topological polar surface area (TPSA) is 25.5 Å². The van der Waals surface area contributed by atoms with Gasteiger partial charge in [0, 0.05) is 22.7 Å². The van der Waals surface area contributed by atoms with Gasteiger partial charge in [0.25, 0.3) is 0 Å². The lowest BCUT2D eigenvalue weighted by Crippen LogP contribution is -2.10. The maximum absolute atomic E-state index is 5.19. The summed E-state index contributed by atoms with van der Waals surface area (Å²) in [6, 6.07) is 73.3. The minimum Gasteiger partial charge on any atom is -0.310 e. The van der Waals surface area contributed by atoms with Gasteiger partial charge in [-0.3, -0.25) is 8.97 Å².